The minimum Gasteiger partial charge on any atom is -0.496 e. The van der Waals surface area contributed by atoms with Crippen LogP contribution in [0, 0.1) is 19.8 Å². The van der Waals surface area contributed by atoms with Crippen molar-refractivity contribution in [3.8, 4) is 5.75 Å². The summed E-state index contributed by atoms with van der Waals surface area (Å²) in [5, 5.41) is 0. The lowest BCUT2D eigenvalue weighted by Crippen LogP contribution is -2.41. The monoisotopic (exact) mass is 247 g/mol. The van der Waals surface area contributed by atoms with Gasteiger partial charge in [0.05, 0.1) is 7.11 Å². The lowest BCUT2D eigenvalue weighted by molar-refractivity contribution is 0.231. The van der Waals surface area contributed by atoms with Crippen LogP contribution in [0.5, 0.6) is 5.75 Å². The fourth-order valence-electron chi connectivity index (χ4n) is 3.55. The zero-order chi connectivity index (χ0) is 13.3. The fraction of sp³-hybridized carbons (Fsp3) is 0.625. The van der Waals surface area contributed by atoms with Gasteiger partial charge in [0.2, 0.25) is 0 Å². The van der Waals surface area contributed by atoms with Gasteiger partial charge in [-0.3, -0.25) is 0 Å². The summed E-state index contributed by atoms with van der Waals surface area (Å²) < 4.78 is 5.58. The molecule has 2 N–H and O–H groups in total. The molecule has 0 amide bonds. The van der Waals surface area contributed by atoms with E-state index < -0.39 is 0 Å². The van der Waals surface area contributed by atoms with Crippen LogP contribution in [0.15, 0.2) is 12.1 Å². The zero-order valence-corrected chi connectivity index (χ0v) is 12.0. The number of nitrogens with two attached hydrogens (primary N) is 1. The van der Waals surface area contributed by atoms with Crippen LogP contribution in [-0.2, 0) is 5.54 Å². The molecule has 2 atom stereocenters. The largest absolute Gasteiger partial charge is 0.496 e. The SMILES string of the molecule is COc1cc(C)cc(C)c1C1(N)CCCC(C)C1. The molecule has 2 heteroatoms. The molecule has 18 heavy (non-hydrogen) atoms. The van der Waals surface area contributed by atoms with E-state index in [0.29, 0.717) is 5.92 Å². The maximum atomic E-state index is 6.72. The van der Waals surface area contributed by atoms with E-state index in [4.69, 9.17) is 10.5 Å². The van der Waals surface area contributed by atoms with E-state index in [1.165, 1.54) is 29.5 Å². The third kappa shape index (κ3) is 2.39. The molecule has 1 aliphatic carbocycles. The number of methoxy groups -OCH3 is 1. The van der Waals surface area contributed by atoms with Gasteiger partial charge in [0.25, 0.3) is 0 Å². The molecule has 0 spiro atoms. The molecule has 2 rings (SSSR count). The molecule has 1 fully saturated rings. The van der Waals surface area contributed by atoms with Crippen LogP contribution in [0.3, 0.4) is 0 Å². The predicted molar refractivity (Wildman–Crippen MR) is 76.0 cm³/mol. The minimum atomic E-state index is -0.208. The van der Waals surface area contributed by atoms with Crippen LogP contribution >= 0.6 is 0 Å². The van der Waals surface area contributed by atoms with E-state index >= 15 is 0 Å². The quantitative estimate of drug-likeness (QED) is 0.865. The number of rotatable bonds is 2. The standard InChI is InChI=1S/C16H25NO/c1-11-6-5-7-16(17,10-11)15-13(3)8-12(2)9-14(15)18-4/h8-9,11H,5-7,10,17H2,1-4H3. The number of aryl methyl sites for hydroxylation is 2. The Kier molecular flexibility index (Phi) is 3.67. The Balaban J connectivity index is 2.49. The highest BCUT2D eigenvalue weighted by atomic mass is 16.5. The number of hydrogen-bond donors (Lipinski definition) is 1. The first-order valence-electron chi connectivity index (χ1n) is 6.91. The molecule has 0 radical (unpaired) electrons. The smallest absolute Gasteiger partial charge is 0.124 e. The Morgan fingerprint density at radius 2 is 2.06 bits per heavy atom. The molecule has 0 bridgehead atoms. The van der Waals surface area contributed by atoms with Crippen molar-refractivity contribution in [2.45, 2.75) is 52.0 Å². The molecule has 1 saturated carbocycles. The zero-order valence-electron chi connectivity index (χ0n) is 12.0. The van der Waals surface area contributed by atoms with Crippen molar-refractivity contribution in [3.63, 3.8) is 0 Å². The summed E-state index contributed by atoms with van der Waals surface area (Å²) in [6.45, 7) is 6.56. The second-order valence-corrected chi connectivity index (χ2v) is 6.02. The van der Waals surface area contributed by atoms with Gasteiger partial charge < -0.3 is 10.5 Å². The average molecular weight is 247 g/mol. The molecule has 2 nitrogen and oxygen atoms in total. The first kappa shape index (κ1) is 13.4. The highest BCUT2D eigenvalue weighted by Gasteiger charge is 2.36. The molecule has 2 unspecified atom stereocenters. The molecule has 0 aromatic heterocycles. The van der Waals surface area contributed by atoms with Crippen LogP contribution in [0.25, 0.3) is 0 Å². The van der Waals surface area contributed by atoms with Crippen molar-refractivity contribution < 1.29 is 4.74 Å². The van der Waals surface area contributed by atoms with E-state index in [1.807, 2.05) is 0 Å². The van der Waals surface area contributed by atoms with E-state index in [2.05, 4.69) is 32.9 Å². The van der Waals surface area contributed by atoms with Gasteiger partial charge in [-0.05, 0) is 49.8 Å². The van der Waals surface area contributed by atoms with E-state index in [-0.39, 0.29) is 5.54 Å². The van der Waals surface area contributed by atoms with Crippen molar-refractivity contribution in [2.75, 3.05) is 7.11 Å². The maximum Gasteiger partial charge on any atom is 0.124 e. The first-order valence-corrected chi connectivity index (χ1v) is 6.91. The van der Waals surface area contributed by atoms with Crippen LogP contribution < -0.4 is 10.5 Å². The summed E-state index contributed by atoms with van der Waals surface area (Å²) in [5.74, 6) is 1.67. The lowest BCUT2D eigenvalue weighted by Gasteiger charge is -2.39. The third-order valence-electron chi connectivity index (χ3n) is 4.19. The van der Waals surface area contributed by atoms with Gasteiger partial charge >= 0.3 is 0 Å². The van der Waals surface area contributed by atoms with E-state index in [1.54, 1.807) is 7.11 Å². The fourth-order valence-corrected chi connectivity index (χ4v) is 3.55. The van der Waals surface area contributed by atoms with Crippen molar-refractivity contribution >= 4 is 0 Å². The van der Waals surface area contributed by atoms with E-state index in [0.717, 1.165) is 18.6 Å². The van der Waals surface area contributed by atoms with Crippen molar-refractivity contribution in [1.82, 2.24) is 0 Å². The van der Waals surface area contributed by atoms with Gasteiger partial charge in [-0.15, -0.1) is 0 Å². The summed E-state index contributed by atoms with van der Waals surface area (Å²) in [6, 6.07) is 4.32. The summed E-state index contributed by atoms with van der Waals surface area (Å²) >= 11 is 0. The van der Waals surface area contributed by atoms with Crippen molar-refractivity contribution in [3.05, 3.63) is 28.8 Å². The summed E-state index contributed by atoms with van der Waals surface area (Å²) in [4.78, 5) is 0. The molecule has 0 aliphatic heterocycles. The Hall–Kier alpha value is -1.02. The lowest BCUT2D eigenvalue weighted by atomic mass is 9.71. The second kappa shape index (κ2) is 4.93. The third-order valence-corrected chi connectivity index (χ3v) is 4.19. The van der Waals surface area contributed by atoms with Crippen LogP contribution in [0.2, 0.25) is 0 Å². The highest BCUT2D eigenvalue weighted by molar-refractivity contribution is 5.47. The molecular weight excluding hydrogens is 222 g/mol. The molecule has 100 valence electrons. The Bertz CT molecular complexity index is 441. The Labute approximate surface area is 111 Å². The normalized spacial score (nSPS) is 28.2. The molecule has 0 saturated heterocycles. The Morgan fingerprint density at radius 3 is 2.67 bits per heavy atom. The Morgan fingerprint density at radius 1 is 1.33 bits per heavy atom. The highest BCUT2D eigenvalue weighted by Crippen LogP contribution is 2.43. The second-order valence-electron chi connectivity index (χ2n) is 6.02. The number of hydrogen-bond acceptors (Lipinski definition) is 2. The molecule has 1 aromatic carbocycles. The topological polar surface area (TPSA) is 35.2 Å². The molecule has 1 aromatic rings. The van der Waals surface area contributed by atoms with E-state index in [9.17, 15) is 0 Å². The first-order chi connectivity index (χ1) is 8.46. The summed E-state index contributed by atoms with van der Waals surface area (Å²) in [5.41, 5.74) is 10.2. The van der Waals surface area contributed by atoms with Gasteiger partial charge in [-0.1, -0.05) is 25.8 Å². The van der Waals surface area contributed by atoms with Crippen LogP contribution in [-0.4, -0.2) is 7.11 Å². The molecule has 0 heterocycles. The van der Waals surface area contributed by atoms with Gasteiger partial charge in [0.1, 0.15) is 5.75 Å². The maximum absolute atomic E-state index is 6.72. The van der Waals surface area contributed by atoms with Crippen LogP contribution in [0.1, 0.15) is 49.3 Å². The van der Waals surface area contributed by atoms with Gasteiger partial charge in [-0.25, -0.2) is 0 Å². The van der Waals surface area contributed by atoms with Crippen molar-refractivity contribution in [2.24, 2.45) is 11.7 Å². The number of benzene rings is 1. The number of ether oxygens (including phenoxy) is 1. The average Bonchev–Trinajstić information content (AvgIpc) is 2.26. The minimum absolute atomic E-state index is 0.208. The summed E-state index contributed by atoms with van der Waals surface area (Å²) in [6.07, 6.45) is 4.64. The van der Waals surface area contributed by atoms with Crippen molar-refractivity contribution in [1.29, 1.82) is 0 Å². The predicted octanol–water partition coefficient (Wildman–Crippen LogP) is 3.68. The van der Waals surface area contributed by atoms with Crippen LogP contribution in [0.4, 0.5) is 0 Å². The van der Waals surface area contributed by atoms with Gasteiger partial charge in [0, 0.05) is 11.1 Å². The molecular formula is C16H25NO. The van der Waals surface area contributed by atoms with Gasteiger partial charge in [0.15, 0.2) is 0 Å². The van der Waals surface area contributed by atoms with Gasteiger partial charge in [-0.2, -0.15) is 0 Å². The molecule has 1 aliphatic rings. The summed E-state index contributed by atoms with van der Waals surface area (Å²) in [7, 11) is 1.74.